The number of urea groups is 1. The largest absolute Gasteiger partial charge is 0.505 e. The first-order chi connectivity index (χ1) is 9.88. The summed E-state index contributed by atoms with van der Waals surface area (Å²) in [5.41, 5.74) is -0.275. The second-order valence-corrected chi connectivity index (χ2v) is 4.63. The van der Waals surface area contributed by atoms with Crippen LogP contribution < -0.4 is 5.32 Å². The number of carbonyl (C=O) groups is 2. The van der Waals surface area contributed by atoms with Crippen molar-refractivity contribution in [2.75, 3.05) is 11.9 Å². The van der Waals surface area contributed by atoms with Gasteiger partial charge in [0.1, 0.15) is 5.56 Å². The lowest BCUT2D eigenvalue weighted by molar-refractivity contribution is 0.0693. The minimum absolute atomic E-state index is 0.0162. The van der Waals surface area contributed by atoms with Gasteiger partial charge in [0.25, 0.3) is 0 Å². The maximum atomic E-state index is 12.1. The van der Waals surface area contributed by atoms with Crippen LogP contribution in [0.2, 0.25) is 0 Å². The Kier molecular flexibility index (Phi) is 5.55. The van der Waals surface area contributed by atoms with Gasteiger partial charge >= 0.3 is 12.0 Å². The summed E-state index contributed by atoms with van der Waals surface area (Å²) in [5.74, 6) is -1.78. The third-order valence-electron chi connectivity index (χ3n) is 2.86. The van der Waals surface area contributed by atoms with Crippen LogP contribution in [0, 0.1) is 11.3 Å². The lowest BCUT2D eigenvalue weighted by Crippen LogP contribution is -2.40. The molecule has 0 heterocycles. The zero-order valence-corrected chi connectivity index (χ0v) is 11.8. The normalized spacial score (nSPS) is 10.0. The lowest BCUT2D eigenvalue weighted by Gasteiger charge is -2.26. The number of phenols is 1. The van der Waals surface area contributed by atoms with Crippen molar-refractivity contribution in [1.82, 2.24) is 4.90 Å². The second-order valence-electron chi connectivity index (χ2n) is 4.63. The molecule has 0 aliphatic carbocycles. The molecule has 1 aromatic rings. The molecule has 0 unspecified atom stereocenters. The molecule has 0 atom stereocenters. The van der Waals surface area contributed by atoms with E-state index in [0.717, 1.165) is 0 Å². The number of hydrogen-bond acceptors (Lipinski definition) is 4. The van der Waals surface area contributed by atoms with Crippen molar-refractivity contribution in [1.29, 1.82) is 5.26 Å². The highest BCUT2D eigenvalue weighted by atomic mass is 16.4. The molecule has 0 radical (unpaired) electrons. The number of carbonyl (C=O) groups excluding carboxylic acids is 1. The van der Waals surface area contributed by atoms with Gasteiger partial charge in [-0.25, -0.2) is 9.59 Å². The van der Waals surface area contributed by atoms with Crippen LogP contribution >= 0.6 is 0 Å². The molecule has 0 saturated heterocycles. The van der Waals surface area contributed by atoms with Gasteiger partial charge in [-0.1, -0.05) is 6.07 Å². The molecule has 7 heteroatoms. The van der Waals surface area contributed by atoms with Crippen molar-refractivity contribution >= 4 is 17.7 Å². The van der Waals surface area contributed by atoms with Gasteiger partial charge in [0.15, 0.2) is 5.75 Å². The van der Waals surface area contributed by atoms with Crippen molar-refractivity contribution in [3.63, 3.8) is 0 Å². The molecular weight excluding hydrogens is 274 g/mol. The maximum Gasteiger partial charge on any atom is 0.339 e. The number of nitrogens with zero attached hydrogens (tertiary/aromatic N) is 2. The van der Waals surface area contributed by atoms with E-state index < -0.39 is 17.7 Å². The molecular formula is C14H17N3O4. The molecule has 21 heavy (non-hydrogen) atoms. The molecule has 112 valence electrons. The van der Waals surface area contributed by atoms with E-state index in [1.807, 2.05) is 6.07 Å². The van der Waals surface area contributed by atoms with E-state index in [2.05, 4.69) is 5.32 Å². The Morgan fingerprint density at radius 3 is 2.62 bits per heavy atom. The quantitative estimate of drug-likeness (QED) is 0.720. The minimum atomic E-state index is -1.28. The molecule has 0 aromatic heterocycles. The molecule has 0 aliphatic heterocycles. The standard InChI is InChI=1S/C14H17N3O4/c1-9(2)17(8-4-7-15)14(21)16-11-6-3-5-10(12(11)18)13(19)20/h3,5-6,9,18H,4,8H2,1-2H3,(H,16,21)(H,19,20). The average molecular weight is 291 g/mol. The average Bonchev–Trinajstić information content (AvgIpc) is 2.40. The zero-order chi connectivity index (χ0) is 16.0. The van der Waals surface area contributed by atoms with Crippen LogP contribution in [-0.2, 0) is 0 Å². The number of anilines is 1. The fourth-order valence-electron chi connectivity index (χ4n) is 1.77. The summed E-state index contributed by atoms with van der Waals surface area (Å²) in [6.07, 6.45) is 0.187. The highest BCUT2D eigenvalue weighted by Crippen LogP contribution is 2.27. The predicted octanol–water partition coefficient (Wildman–Crippen LogP) is 2.25. The van der Waals surface area contributed by atoms with E-state index in [4.69, 9.17) is 10.4 Å². The Bertz CT molecular complexity index is 578. The molecule has 0 bridgehead atoms. The van der Waals surface area contributed by atoms with E-state index in [1.54, 1.807) is 13.8 Å². The topological polar surface area (TPSA) is 114 Å². The highest BCUT2D eigenvalue weighted by molar-refractivity contribution is 5.97. The molecule has 0 spiro atoms. The van der Waals surface area contributed by atoms with Gasteiger partial charge in [-0.3, -0.25) is 0 Å². The fraction of sp³-hybridized carbons (Fsp3) is 0.357. The Morgan fingerprint density at radius 2 is 2.10 bits per heavy atom. The summed E-state index contributed by atoms with van der Waals surface area (Å²) >= 11 is 0. The van der Waals surface area contributed by atoms with Crippen molar-refractivity contribution in [2.45, 2.75) is 26.3 Å². The van der Waals surface area contributed by atoms with Crippen molar-refractivity contribution in [2.24, 2.45) is 0 Å². The molecule has 0 aliphatic rings. The van der Waals surface area contributed by atoms with E-state index in [0.29, 0.717) is 0 Å². The number of benzene rings is 1. The van der Waals surface area contributed by atoms with Crippen LogP contribution in [0.3, 0.4) is 0 Å². The summed E-state index contributed by atoms with van der Waals surface area (Å²) in [6.45, 7) is 3.84. The molecule has 3 N–H and O–H groups in total. The van der Waals surface area contributed by atoms with Crippen LogP contribution in [0.4, 0.5) is 10.5 Å². The van der Waals surface area contributed by atoms with Crippen LogP contribution in [0.5, 0.6) is 5.75 Å². The summed E-state index contributed by atoms with van der Waals surface area (Å²) in [6, 6.07) is 5.39. The smallest absolute Gasteiger partial charge is 0.339 e. The lowest BCUT2D eigenvalue weighted by atomic mass is 10.1. The number of hydrogen-bond donors (Lipinski definition) is 3. The van der Waals surface area contributed by atoms with Crippen LogP contribution in [0.15, 0.2) is 18.2 Å². The number of para-hydroxylation sites is 1. The third-order valence-corrected chi connectivity index (χ3v) is 2.86. The number of carboxylic acids is 1. The first kappa shape index (κ1) is 16.3. The van der Waals surface area contributed by atoms with Gasteiger partial charge in [0, 0.05) is 12.6 Å². The van der Waals surface area contributed by atoms with E-state index in [1.165, 1.54) is 23.1 Å². The highest BCUT2D eigenvalue weighted by Gasteiger charge is 2.19. The Balaban J connectivity index is 2.94. The molecule has 1 rings (SSSR count). The van der Waals surface area contributed by atoms with Gasteiger partial charge < -0.3 is 20.4 Å². The Morgan fingerprint density at radius 1 is 1.43 bits per heavy atom. The van der Waals surface area contributed by atoms with Gasteiger partial charge in [0.2, 0.25) is 0 Å². The van der Waals surface area contributed by atoms with Crippen molar-refractivity contribution in [3.05, 3.63) is 23.8 Å². The van der Waals surface area contributed by atoms with Crippen LogP contribution in [-0.4, -0.2) is 39.7 Å². The number of nitrogens with one attached hydrogen (secondary N) is 1. The summed E-state index contributed by atoms with van der Waals surface area (Å²) in [5, 5.41) is 29.8. The number of rotatable bonds is 5. The van der Waals surface area contributed by atoms with Gasteiger partial charge in [-0.2, -0.15) is 5.26 Å². The maximum absolute atomic E-state index is 12.1. The summed E-state index contributed by atoms with van der Waals surface area (Å²) in [7, 11) is 0. The summed E-state index contributed by atoms with van der Waals surface area (Å²) in [4.78, 5) is 24.5. The van der Waals surface area contributed by atoms with Crippen molar-refractivity contribution in [3.8, 4) is 11.8 Å². The van der Waals surface area contributed by atoms with E-state index >= 15 is 0 Å². The number of carboxylic acid groups (broad SMARTS) is 1. The Labute approximate surface area is 122 Å². The fourth-order valence-corrected chi connectivity index (χ4v) is 1.77. The molecule has 2 amide bonds. The van der Waals surface area contributed by atoms with E-state index in [9.17, 15) is 14.7 Å². The second kappa shape index (κ2) is 7.14. The number of aromatic carboxylic acids is 1. The predicted molar refractivity (Wildman–Crippen MR) is 76.2 cm³/mol. The number of amides is 2. The monoisotopic (exact) mass is 291 g/mol. The number of aromatic hydroxyl groups is 1. The molecule has 0 saturated carbocycles. The molecule has 7 nitrogen and oxygen atoms in total. The number of nitriles is 1. The Hall–Kier alpha value is -2.75. The molecule has 0 fully saturated rings. The zero-order valence-electron chi connectivity index (χ0n) is 11.8. The minimum Gasteiger partial charge on any atom is -0.505 e. The van der Waals surface area contributed by atoms with Gasteiger partial charge in [-0.05, 0) is 26.0 Å². The van der Waals surface area contributed by atoms with Crippen molar-refractivity contribution < 1.29 is 19.8 Å². The van der Waals surface area contributed by atoms with E-state index in [-0.39, 0.29) is 30.3 Å². The molecule has 1 aromatic carbocycles. The van der Waals surface area contributed by atoms with Gasteiger partial charge in [0.05, 0.1) is 18.2 Å². The van der Waals surface area contributed by atoms with Crippen LogP contribution in [0.25, 0.3) is 0 Å². The SMILES string of the molecule is CC(C)N(CCC#N)C(=O)Nc1cccc(C(=O)O)c1O. The first-order valence-electron chi connectivity index (χ1n) is 6.38. The summed E-state index contributed by atoms with van der Waals surface area (Å²) < 4.78 is 0. The third kappa shape index (κ3) is 4.11. The first-order valence-corrected chi connectivity index (χ1v) is 6.38. The van der Waals surface area contributed by atoms with Gasteiger partial charge in [-0.15, -0.1) is 0 Å². The van der Waals surface area contributed by atoms with Crippen LogP contribution in [0.1, 0.15) is 30.6 Å².